The van der Waals surface area contributed by atoms with Crippen LogP contribution < -0.4 is 5.32 Å². The van der Waals surface area contributed by atoms with Crippen LogP contribution in [-0.2, 0) is 5.75 Å². The Hall–Kier alpha value is -1.62. The summed E-state index contributed by atoms with van der Waals surface area (Å²) in [6.45, 7) is 1.76. The lowest BCUT2D eigenvalue weighted by Gasteiger charge is -2.12. The fourth-order valence-electron chi connectivity index (χ4n) is 2.07. The Morgan fingerprint density at radius 1 is 1.40 bits per heavy atom. The molecule has 0 fully saturated rings. The summed E-state index contributed by atoms with van der Waals surface area (Å²) in [5.74, 6) is -1.01. The normalized spacial score (nSPS) is 12.5. The van der Waals surface area contributed by atoms with E-state index in [0.717, 1.165) is 10.8 Å². The number of benzene rings is 1. The second kappa shape index (κ2) is 7.73. The summed E-state index contributed by atoms with van der Waals surface area (Å²) in [5, 5.41) is 12.7. The fraction of sp³-hybridized carbons (Fsp3) is 0.267. The highest BCUT2D eigenvalue weighted by Gasteiger charge is 2.14. The van der Waals surface area contributed by atoms with Gasteiger partial charge in [0.2, 0.25) is 0 Å². The lowest BCUT2D eigenvalue weighted by Crippen LogP contribution is -2.20. The van der Waals surface area contributed by atoms with Crippen molar-refractivity contribution in [3.05, 3.63) is 39.4 Å². The van der Waals surface area contributed by atoms with Gasteiger partial charge in [0.15, 0.2) is 32.2 Å². The number of rotatable bonds is 6. The third-order valence-electron chi connectivity index (χ3n) is 3.31. The second-order valence-electron chi connectivity index (χ2n) is 5.28. The van der Waals surface area contributed by atoms with Gasteiger partial charge in [-0.05, 0) is 25.2 Å². The smallest absolute Gasteiger partial charge is 0.191 e. The Morgan fingerprint density at radius 3 is 2.96 bits per heavy atom. The Balaban J connectivity index is 1.90. The predicted octanol–water partition coefficient (Wildman–Crippen LogP) is 4.11. The molecule has 1 unspecified atom stereocenters. The van der Waals surface area contributed by atoms with E-state index in [9.17, 15) is 13.9 Å². The monoisotopic (exact) mass is 400 g/mol. The highest BCUT2D eigenvalue weighted by atomic mass is 32.2. The van der Waals surface area contributed by atoms with Crippen molar-refractivity contribution < 1.29 is 13.9 Å². The molecule has 3 rings (SSSR count). The molecule has 132 valence electrons. The van der Waals surface area contributed by atoms with Crippen molar-refractivity contribution in [3.8, 4) is 0 Å². The molecule has 2 heterocycles. The molecule has 0 saturated heterocycles. The molecule has 0 amide bonds. The highest BCUT2D eigenvalue weighted by Crippen LogP contribution is 2.30. The first-order chi connectivity index (χ1) is 12.0. The van der Waals surface area contributed by atoms with E-state index >= 15 is 0 Å². The van der Waals surface area contributed by atoms with Crippen LogP contribution in [0.1, 0.15) is 12.5 Å². The molecule has 1 atom stereocenters. The molecule has 1 aromatic carbocycles. The van der Waals surface area contributed by atoms with E-state index in [4.69, 9.17) is 12.2 Å². The molecule has 10 heteroatoms. The van der Waals surface area contributed by atoms with Crippen LogP contribution >= 0.6 is 35.3 Å². The number of thioether (sulfide) groups is 1. The molecule has 3 N–H and O–H groups in total. The molecule has 0 aliphatic carbocycles. The number of fused-ring (bicyclic) bond motifs is 1. The second-order valence-corrected chi connectivity index (χ2v) is 7.91. The maximum absolute atomic E-state index is 13.8. The maximum Gasteiger partial charge on any atom is 0.191 e. The van der Waals surface area contributed by atoms with Crippen molar-refractivity contribution in [1.29, 1.82) is 0 Å². The topological polar surface area (TPSA) is 73.8 Å². The summed E-state index contributed by atoms with van der Waals surface area (Å²) in [6.07, 6.45) is 0. The van der Waals surface area contributed by atoms with Crippen LogP contribution in [0.15, 0.2) is 23.4 Å². The summed E-state index contributed by atoms with van der Waals surface area (Å²) >= 11 is 7.67. The SMILES string of the molecule is CC(CO)Nc1nc(SCc2cccc(F)c2F)nc2[nH]c(=S)sc12. The van der Waals surface area contributed by atoms with Gasteiger partial charge in [0.1, 0.15) is 4.70 Å². The van der Waals surface area contributed by atoms with Crippen molar-refractivity contribution in [3.63, 3.8) is 0 Å². The van der Waals surface area contributed by atoms with Crippen molar-refractivity contribution in [2.75, 3.05) is 11.9 Å². The first-order valence-corrected chi connectivity index (χ1v) is 9.53. The quantitative estimate of drug-likeness (QED) is 0.328. The average Bonchev–Trinajstić information content (AvgIpc) is 2.96. The highest BCUT2D eigenvalue weighted by molar-refractivity contribution is 7.98. The zero-order chi connectivity index (χ0) is 18.0. The third-order valence-corrected chi connectivity index (χ3v) is 5.43. The van der Waals surface area contributed by atoms with Crippen LogP contribution in [0.3, 0.4) is 0 Å². The van der Waals surface area contributed by atoms with Gasteiger partial charge < -0.3 is 15.4 Å². The zero-order valence-corrected chi connectivity index (χ0v) is 15.5. The summed E-state index contributed by atoms with van der Waals surface area (Å²) in [5.41, 5.74) is 0.810. The van der Waals surface area contributed by atoms with E-state index < -0.39 is 11.6 Å². The van der Waals surface area contributed by atoms with E-state index in [0.29, 0.717) is 20.6 Å². The standard InChI is InChI=1S/C15H14F2N4OS3/c1-7(5-22)18-12-11-13(21-15(23)25-11)20-14(19-12)24-6-8-3-2-4-9(16)10(8)17/h2-4,7,22H,5-6H2,1H3,(H2,18,19,20,21,23). The summed E-state index contributed by atoms with van der Waals surface area (Å²) in [7, 11) is 0. The number of aliphatic hydroxyl groups excluding tert-OH is 1. The van der Waals surface area contributed by atoms with Gasteiger partial charge in [0.05, 0.1) is 6.61 Å². The average molecular weight is 401 g/mol. The van der Waals surface area contributed by atoms with E-state index in [2.05, 4.69) is 20.3 Å². The minimum atomic E-state index is -0.879. The molecule has 0 aliphatic rings. The number of H-pyrrole nitrogens is 1. The van der Waals surface area contributed by atoms with Gasteiger partial charge in [-0.2, -0.15) is 0 Å². The Kier molecular flexibility index (Phi) is 5.62. The summed E-state index contributed by atoms with van der Waals surface area (Å²) in [6, 6.07) is 3.86. The minimum absolute atomic E-state index is 0.0572. The molecule has 2 aromatic heterocycles. The number of anilines is 1. The molecular weight excluding hydrogens is 386 g/mol. The lowest BCUT2D eigenvalue weighted by atomic mass is 10.2. The van der Waals surface area contributed by atoms with E-state index in [1.807, 2.05) is 6.92 Å². The predicted molar refractivity (Wildman–Crippen MR) is 98.7 cm³/mol. The van der Waals surface area contributed by atoms with Crippen LogP contribution in [0.2, 0.25) is 0 Å². The molecule has 0 radical (unpaired) electrons. The number of hydrogen-bond donors (Lipinski definition) is 3. The van der Waals surface area contributed by atoms with Gasteiger partial charge in [0, 0.05) is 17.4 Å². The lowest BCUT2D eigenvalue weighted by molar-refractivity contribution is 0.281. The van der Waals surface area contributed by atoms with E-state index in [1.165, 1.54) is 35.2 Å². The molecule has 0 spiro atoms. The van der Waals surface area contributed by atoms with Crippen molar-refractivity contribution in [2.45, 2.75) is 23.9 Å². The molecule has 0 saturated carbocycles. The van der Waals surface area contributed by atoms with Gasteiger partial charge in [-0.1, -0.05) is 35.2 Å². The van der Waals surface area contributed by atoms with Crippen LogP contribution in [0.5, 0.6) is 0 Å². The molecule has 3 aromatic rings. The number of thiazole rings is 1. The third kappa shape index (κ3) is 4.14. The number of aromatic amines is 1. The molecular formula is C15H14F2N4OS3. The Bertz CT molecular complexity index is 960. The fourth-order valence-corrected chi connectivity index (χ4v) is 3.96. The molecule has 25 heavy (non-hydrogen) atoms. The summed E-state index contributed by atoms with van der Waals surface area (Å²) in [4.78, 5) is 11.8. The summed E-state index contributed by atoms with van der Waals surface area (Å²) < 4.78 is 28.4. The number of hydrogen-bond acceptors (Lipinski definition) is 7. The van der Waals surface area contributed by atoms with Crippen LogP contribution in [0, 0.1) is 15.6 Å². The number of aromatic nitrogens is 3. The molecule has 0 bridgehead atoms. The van der Waals surface area contributed by atoms with Gasteiger partial charge in [0.25, 0.3) is 0 Å². The molecule has 0 aliphatic heterocycles. The van der Waals surface area contributed by atoms with Crippen molar-refractivity contribution >= 4 is 51.5 Å². The van der Waals surface area contributed by atoms with Gasteiger partial charge in [-0.15, -0.1) is 0 Å². The Labute approximate surface area is 155 Å². The largest absolute Gasteiger partial charge is 0.394 e. The Morgan fingerprint density at radius 2 is 2.20 bits per heavy atom. The number of aliphatic hydroxyl groups is 1. The van der Waals surface area contributed by atoms with Crippen LogP contribution in [-0.4, -0.2) is 32.7 Å². The number of halogens is 2. The van der Waals surface area contributed by atoms with Gasteiger partial charge in [-0.25, -0.2) is 18.7 Å². The van der Waals surface area contributed by atoms with Crippen molar-refractivity contribution in [1.82, 2.24) is 15.0 Å². The maximum atomic E-state index is 13.8. The zero-order valence-electron chi connectivity index (χ0n) is 13.0. The van der Waals surface area contributed by atoms with Gasteiger partial charge >= 0.3 is 0 Å². The van der Waals surface area contributed by atoms with Gasteiger partial charge in [-0.3, -0.25) is 0 Å². The van der Waals surface area contributed by atoms with E-state index in [-0.39, 0.29) is 24.0 Å². The number of nitrogens with one attached hydrogen (secondary N) is 2. The number of nitrogens with zero attached hydrogens (tertiary/aromatic N) is 2. The molecule has 5 nitrogen and oxygen atoms in total. The minimum Gasteiger partial charge on any atom is -0.394 e. The van der Waals surface area contributed by atoms with Crippen molar-refractivity contribution in [2.24, 2.45) is 0 Å². The first kappa shape index (κ1) is 18.2. The van der Waals surface area contributed by atoms with E-state index in [1.54, 1.807) is 0 Å². The van der Waals surface area contributed by atoms with Crippen LogP contribution in [0.25, 0.3) is 10.3 Å². The van der Waals surface area contributed by atoms with Crippen LogP contribution in [0.4, 0.5) is 14.6 Å². The first-order valence-electron chi connectivity index (χ1n) is 7.32.